The van der Waals surface area contributed by atoms with Crippen LogP contribution < -0.4 is 26.2 Å². The predicted octanol–water partition coefficient (Wildman–Crippen LogP) is 5.92. The highest BCUT2D eigenvalue weighted by Crippen LogP contribution is 2.36. The Bertz CT molecular complexity index is 1370. The van der Waals surface area contributed by atoms with Gasteiger partial charge in [0.25, 0.3) is 11.8 Å². The lowest BCUT2D eigenvalue weighted by atomic mass is 10.2. The number of allylic oxidation sites excluding steroid dienone is 1. The maximum Gasteiger partial charge on any atom is 0.417 e. The Morgan fingerprint density at radius 2 is 1.55 bits per heavy atom. The molecule has 4 amide bonds. The Hall–Kier alpha value is -4.58. The second kappa shape index (κ2) is 12.1. The van der Waals surface area contributed by atoms with Crippen molar-refractivity contribution in [3.8, 4) is 11.5 Å². The molecule has 1 aromatic heterocycles. The molecular formula is C25H21ClF3N5O4. The number of hydrogen-bond acceptors (Lipinski definition) is 5. The lowest BCUT2D eigenvalue weighted by Gasteiger charge is -2.12. The van der Waals surface area contributed by atoms with Crippen LogP contribution in [0, 0.1) is 0 Å². The first-order valence-electron chi connectivity index (χ1n) is 10.8. The number of pyridine rings is 1. The summed E-state index contributed by atoms with van der Waals surface area (Å²) in [6.07, 6.45) is -2.00. The van der Waals surface area contributed by atoms with Gasteiger partial charge in [0.1, 0.15) is 17.2 Å². The molecule has 13 heteroatoms. The summed E-state index contributed by atoms with van der Waals surface area (Å²) in [6, 6.07) is 11.2. The minimum atomic E-state index is -4.66. The summed E-state index contributed by atoms with van der Waals surface area (Å²) in [5.41, 5.74) is 4.41. The molecule has 38 heavy (non-hydrogen) atoms. The molecule has 0 radical (unpaired) electrons. The molecule has 0 spiro atoms. The molecule has 1 heterocycles. The second-order valence-corrected chi connectivity index (χ2v) is 8.35. The van der Waals surface area contributed by atoms with Crippen molar-refractivity contribution in [2.75, 3.05) is 10.6 Å². The van der Waals surface area contributed by atoms with E-state index in [1.54, 1.807) is 13.8 Å². The van der Waals surface area contributed by atoms with Crippen LogP contribution >= 0.6 is 11.6 Å². The number of nitrogens with one attached hydrogen (secondary N) is 4. The lowest BCUT2D eigenvalue weighted by Crippen LogP contribution is -2.41. The summed E-state index contributed by atoms with van der Waals surface area (Å²) in [5, 5.41) is 4.33. The molecule has 0 bridgehead atoms. The number of aromatic nitrogens is 1. The van der Waals surface area contributed by atoms with Gasteiger partial charge in [-0.15, -0.1) is 0 Å². The highest BCUT2D eigenvalue weighted by Gasteiger charge is 2.33. The van der Waals surface area contributed by atoms with Gasteiger partial charge in [-0.2, -0.15) is 13.2 Å². The molecule has 0 saturated heterocycles. The van der Waals surface area contributed by atoms with Gasteiger partial charge in [-0.05, 0) is 62.4 Å². The smallest absolute Gasteiger partial charge is 0.417 e. The summed E-state index contributed by atoms with van der Waals surface area (Å²) < 4.78 is 44.7. The lowest BCUT2D eigenvalue weighted by molar-refractivity contribution is -0.137. The summed E-state index contributed by atoms with van der Waals surface area (Å²) >= 11 is 5.58. The van der Waals surface area contributed by atoms with Crippen LogP contribution in [0.2, 0.25) is 5.02 Å². The quantitative estimate of drug-likeness (QED) is 0.225. The number of hydrogen-bond donors (Lipinski definition) is 4. The van der Waals surface area contributed by atoms with Crippen molar-refractivity contribution in [3.63, 3.8) is 0 Å². The van der Waals surface area contributed by atoms with Crippen LogP contribution in [0.5, 0.6) is 11.5 Å². The monoisotopic (exact) mass is 547 g/mol. The Labute approximate surface area is 220 Å². The second-order valence-electron chi connectivity index (χ2n) is 7.94. The fraction of sp³-hybridized carbons (Fsp3) is 0.120. The van der Waals surface area contributed by atoms with Gasteiger partial charge in [0, 0.05) is 29.7 Å². The average Bonchev–Trinajstić information content (AvgIpc) is 2.84. The van der Waals surface area contributed by atoms with Crippen LogP contribution in [0.1, 0.15) is 29.9 Å². The number of alkyl halides is 3. The molecule has 9 nitrogen and oxygen atoms in total. The third kappa shape index (κ3) is 8.23. The first kappa shape index (κ1) is 28.0. The summed E-state index contributed by atoms with van der Waals surface area (Å²) in [7, 11) is 0. The summed E-state index contributed by atoms with van der Waals surface area (Å²) in [6.45, 7) is 3.47. The molecule has 3 aromatic rings. The number of carbonyl (C=O) groups excluding carboxylic acids is 3. The third-order valence-corrected chi connectivity index (χ3v) is 4.89. The predicted molar refractivity (Wildman–Crippen MR) is 135 cm³/mol. The van der Waals surface area contributed by atoms with E-state index < -0.39 is 34.6 Å². The number of benzene rings is 2. The zero-order valence-electron chi connectivity index (χ0n) is 19.9. The van der Waals surface area contributed by atoms with Crippen LogP contribution in [-0.2, 0) is 11.0 Å². The molecule has 0 atom stereocenters. The Morgan fingerprint density at radius 1 is 0.895 bits per heavy atom. The molecule has 0 aliphatic rings. The van der Waals surface area contributed by atoms with Gasteiger partial charge in [0.05, 0.1) is 10.6 Å². The Morgan fingerprint density at radius 3 is 2.21 bits per heavy atom. The van der Waals surface area contributed by atoms with E-state index in [4.69, 9.17) is 16.3 Å². The molecule has 0 unspecified atom stereocenters. The van der Waals surface area contributed by atoms with Crippen LogP contribution in [0.15, 0.2) is 72.4 Å². The number of hydrazine groups is 1. The van der Waals surface area contributed by atoms with E-state index in [0.717, 1.165) is 17.7 Å². The molecule has 198 valence electrons. The minimum Gasteiger partial charge on any atom is -0.457 e. The number of halogens is 4. The Balaban J connectivity index is 1.58. The first-order valence-corrected chi connectivity index (χ1v) is 11.2. The molecule has 3 rings (SSSR count). The van der Waals surface area contributed by atoms with Crippen LogP contribution in [0.25, 0.3) is 0 Å². The van der Waals surface area contributed by atoms with Crippen molar-refractivity contribution in [2.24, 2.45) is 0 Å². The number of anilines is 2. The van der Waals surface area contributed by atoms with Crippen molar-refractivity contribution in [2.45, 2.75) is 20.0 Å². The first-order chi connectivity index (χ1) is 17.9. The Kier molecular flexibility index (Phi) is 8.92. The maximum atomic E-state index is 13.0. The molecule has 4 N–H and O–H groups in total. The molecule has 0 fully saturated rings. The van der Waals surface area contributed by atoms with Crippen molar-refractivity contribution >= 4 is 40.8 Å². The van der Waals surface area contributed by atoms with Gasteiger partial charge in [-0.1, -0.05) is 17.2 Å². The van der Waals surface area contributed by atoms with Crippen molar-refractivity contribution in [1.82, 2.24) is 15.8 Å². The average molecular weight is 548 g/mol. The number of rotatable bonds is 6. The zero-order valence-corrected chi connectivity index (χ0v) is 20.7. The fourth-order valence-electron chi connectivity index (χ4n) is 2.94. The van der Waals surface area contributed by atoms with E-state index in [1.165, 1.54) is 54.7 Å². The SMILES string of the molecule is CC(C)=CC(=O)NNC(=O)c1cc(Oc2ccc(NC(=O)Nc3ccc(Cl)c(C(F)(F)F)c3)cc2)ccn1. The number of nitrogens with zero attached hydrogens (tertiary/aromatic N) is 1. The molecule has 2 aromatic carbocycles. The van der Waals surface area contributed by atoms with E-state index in [-0.39, 0.29) is 17.1 Å². The van der Waals surface area contributed by atoms with Crippen LogP contribution in [0.4, 0.5) is 29.3 Å². The van der Waals surface area contributed by atoms with Crippen LogP contribution in [0.3, 0.4) is 0 Å². The largest absolute Gasteiger partial charge is 0.457 e. The summed E-state index contributed by atoms with van der Waals surface area (Å²) in [5.74, 6) is -0.507. The van der Waals surface area contributed by atoms with E-state index in [1.807, 2.05) is 0 Å². The molecule has 0 aliphatic heterocycles. The highest BCUT2D eigenvalue weighted by molar-refractivity contribution is 6.31. The van der Waals surface area contributed by atoms with Gasteiger partial charge >= 0.3 is 12.2 Å². The zero-order chi connectivity index (χ0) is 27.9. The highest BCUT2D eigenvalue weighted by atomic mass is 35.5. The molecular weight excluding hydrogens is 527 g/mol. The van der Waals surface area contributed by atoms with Gasteiger partial charge in [-0.25, -0.2) is 4.79 Å². The maximum absolute atomic E-state index is 13.0. The van der Waals surface area contributed by atoms with E-state index >= 15 is 0 Å². The molecule has 0 saturated carbocycles. The number of amides is 4. The van der Waals surface area contributed by atoms with Gasteiger partial charge in [0.15, 0.2) is 0 Å². The van der Waals surface area contributed by atoms with Crippen molar-refractivity contribution < 1.29 is 32.3 Å². The van der Waals surface area contributed by atoms with Gasteiger partial charge in [-0.3, -0.25) is 25.4 Å². The fourth-order valence-corrected chi connectivity index (χ4v) is 3.16. The molecule has 0 aliphatic carbocycles. The topological polar surface area (TPSA) is 121 Å². The standard InChI is InChI=1S/C25H21ClF3N5O4/c1-14(2)11-22(35)33-34-23(36)21-13-18(9-10-30-21)38-17-6-3-15(4-7-17)31-24(37)32-16-5-8-20(26)19(12-16)25(27,28)29/h3-13H,1-2H3,(H,33,35)(H,34,36)(H2,31,32,37). The minimum absolute atomic E-state index is 0.00848. The van der Waals surface area contributed by atoms with E-state index in [2.05, 4.69) is 26.5 Å². The summed E-state index contributed by atoms with van der Waals surface area (Å²) in [4.78, 5) is 40.0. The van der Waals surface area contributed by atoms with E-state index in [9.17, 15) is 27.6 Å². The van der Waals surface area contributed by atoms with Crippen molar-refractivity contribution in [3.05, 3.63) is 88.7 Å². The van der Waals surface area contributed by atoms with Crippen molar-refractivity contribution in [1.29, 1.82) is 0 Å². The normalized spacial score (nSPS) is 10.7. The number of ether oxygens (including phenoxy) is 1. The van der Waals surface area contributed by atoms with Gasteiger partial charge in [0.2, 0.25) is 0 Å². The van der Waals surface area contributed by atoms with E-state index in [0.29, 0.717) is 11.4 Å². The number of urea groups is 1. The van der Waals surface area contributed by atoms with Gasteiger partial charge < -0.3 is 15.4 Å². The number of carbonyl (C=O) groups is 3. The third-order valence-electron chi connectivity index (χ3n) is 4.56. The van der Waals surface area contributed by atoms with Crippen LogP contribution in [-0.4, -0.2) is 22.8 Å².